The van der Waals surface area contributed by atoms with Crippen LogP contribution in [0, 0.1) is 0 Å². The predicted octanol–water partition coefficient (Wildman–Crippen LogP) is 3.27. The van der Waals surface area contributed by atoms with Crippen molar-refractivity contribution in [2.45, 2.75) is 6.10 Å². The SMILES string of the molecule is OC(COC1=CCOc2ccccc21)CN1CCN(c2ccccc2Cl)CC1. The maximum absolute atomic E-state index is 10.4. The molecule has 1 N–H and O–H groups in total. The number of piperazine rings is 1. The van der Waals surface area contributed by atoms with E-state index in [-0.39, 0.29) is 6.61 Å². The van der Waals surface area contributed by atoms with Gasteiger partial charge in [-0.2, -0.15) is 0 Å². The van der Waals surface area contributed by atoms with Gasteiger partial charge < -0.3 is 19.5 Å². The van der Waals surface area contributed by atoms with Crippen LogP contribution in [0.1, 0.15) is 5.56 Å². The summed E-state index contributed by atoms with van der Waals surface area (Å²) in [7, 11) is 0. The second kappa shape index (κ2) is 8.86. The minimum atomic E-state index is -0.539. The monoisotopic (exact) mass is 400 g/mol. The molecule has 1 unspecified atom stereocenters. The van der Waals surface area contributed by atoms with Crippen molar-refractivity contribution in [2.75, 3.05) is 50.8 Å². The number of halogens is 1. The summed E-state index contributed by atoms with van der Waals surface area (Å²) in [5.74, 6) is 1.61. The van der Waals surface area contributed by atoms with Gasteiger partial charge in [0, 0.05) is 32.7 Å². The van der Waals surface area contributed by atoms with Crippen LogP contribution in [0.5, 0.6) is 5.75 Å². The van der Waals surface area contributed by atoms with Crippen molar-refractivity contribution in [1.82, 2.24) is 4.90 Å². The van der Waals surface area contributed by atoms with Gasteiger partial charge in [0.05, 0.1) is 16.3 Å². The smallest absolute Gasteiger partial charge is 0.130 e. The first kappa shape index (κ1) is 19.1. The molecule has 148 valence electrons. The van der Waals surface area contributed by atoms with Crippen molar-refractivity contribution in [3.05, 3.63) is 65.2 Å². The second-order valence-electron chi connectivity index (χ2n) is 7.08. The highest BCUT2D eigenvalue weighted by molar-refractivity contribution is 6.33. The molecular weight excluding hydrogens is 376 g/mol. The Morgan fingerprint density at radius 1 is 1.04 bits per heavy atom. The molecule has 1 fully saturated rings. The lowest BCUT2D eigenvalue weighted by Crippen LogP contribution is -2.49. The van der Waals surface area contributed by atoms with Crippen LogP contribution in [-0.4, -0.2) is 62.0 Å². The Morgan fingerprint density at radius 3 is 2.61 bits per heavy atom. The van der Waals surface area contributed by atoms with E-state index in [9.17, 15) is 5.11 Å². The molecule has 5 nitrogen and oxygen atoms in total. The molecule has 0 spiro atoms. The maximum atomic E-state index is 10.4. The first-order chi connectivity index (χ1) is 13.7. The molecule has 6 heteroatoms. The Hall–Kier alpha value is -2.21. The van der Waals surface area contributed by atoms with E-state index in [4.69, 9.17) is 21.1 Å². The number of rotatable bonds is 6. The van der Waals surface area contributed by atoms with Crippen LogP contribution >= 0.6 is 11.6 Å². The molecule has 0 aromatic heterocycles. The number of para-hydroxylation sites is 2. The Kier molecular flexibility index (Phi) is 6.05. The number of ether oxygens (including phenoxy) is 2. The average Bonchev–Trinajstić information content (AvgIpc) is 2.73. The first-order valence-electron chi connectivity index (χ1n) is 9.66. The van der Waals surface area contributed by atoms with Crippen molar-refractivity contribution < 1.29 is 14.6 Å². The molecule has 2 heterocycles. The number of β-amino-alcohol motifs (C(OH)–C–C–N with tert-alkyl or cyclic N) is 1. The van der Waals surface area contributed by atoms with E-state index >= 15 is 0 Å². The average molecular weight is 401 g/mol. The van der Waals surface area contributed by atoms with Gasteiger partial charge in [0.2, 0.25) is 0 Å². The van der Waals surface area contributed by atoms with Crippen molar-refractivity contribution >= 4 is 23.0 Å². The van der Waals surface area contributed by atoms with Crippen LogP contribution in [0.3, 0.4) is 0 Å². The normalized spacial score (nSPS) is 18.1. The van der Waals surface area contributed by atoms with Crippen molar-refractivity contribution in [3.8, 4) is 5.75 Å². The van der Waals surface area contributed by atoms with Gasteiger partial charge >= 0.3 is 0 Å². The zero-order chi connectivity index (χ0) is 19.3. The zero-order valence-electron chi connectivity index (χ0n) is 15.8. The lowest BCUT2D eigenvalue weighted by Gasteiger charge is -2.37. The predicted molar refractivity (Wildman–Crippen MR) is 112 cm³/mol. The summed E-state index contributed by atoms with van der Waals surface area (Å²) in [6.45, 7) is 4.93. The minimum absolute atomic E-state index is 0.269. The fourth-order valence-corrected chi connectivity index (χ4v) is 3.92. The van der Waals surface area contributed by atoms with Crippen molar-refractivity contribution in [1.29, 1.82) is 0 Å². The van der Waals surface area contributed by atoms with E-state index in [0.717, 1.165) is 54.0 Å². The number of nitrogens with zero attached hydrogens (tertiary/aromatic N) is 2. The van der Waals surface area contributed by atoms with E-state index in [0.29, 0.717) is 13.2 Å². The third-order valence-corrected chi connectivity index (χ3v) is 5.45. The largest absolute Gasteiger partial charge is 0.490 e. The second-order valence-corrected chi connectivity index (χ2v) is 7.49. The summed E-state index contributed by atoms with van der Waals surface area (Å²) < 4.78 is 11.5. The summed E-state index contributed by atoms with van der Waals surface area (Å²) in [5.41, 5.74) is 2.02. The Labute approximate surface area is 170 Å². The molecule has 2 aliphatic heterocycles. The molecule has 2 aliphatic rings. The lowest BCUT2D eigenvalue weighted by molar-refractivity contribution is 0.0561. The summed E-state index contributed by atoms with van der Waals surface area (Å²) in [4.78, 5) is 4.57. The van der Waals surface area contributed by atoms with E-state index in [1.165, 1.54) is 0 Å². The van der Waals surface area contributed by atoms with Gasteiger partial charge in [-0.25, -0.2) is 0 Å². The maximum Gasteiger partial charge on any atom is 0.130 e. The molecule has 28 heavy (non-hydrogen) atoms. The van der Waals surface area contributed by atoms with E-state index < -0.39 is 6.10 Å². The fraction of sp³-hybridized carbons (Fsp3) is 0.364. The van der Waals surface area contributed by atoms with Crippen LogP contribution in [0.4, 0.5) is 5.69 Å². The molecule has 0 saturated carbocycles. The van der Waals surface area contributed by atoms with Gasteiger partial charge in [-0.15, -0.1) is 0 Å². The highest BCUT2D eigenvalue weighted by Crippen LogP contribution is 2.30. The third-order valence-electron chi connectivity index (χ3n) is 5.13. The first-order valence-corrected chi connectivity index (χ1v) is 10.0. The van der Waals surface area contributed by atoms with Crippen LogP contribution in [0.15, 0.2) is 54.6 Å². The van der Waals surface area contributed by atoms with Gasteiger partial charge in [-0.1, -0.05) is 35.9 Å². The Balaban J connectivity index is 1.25. The standard InChI is InChI=1S/C22H25ClN2O3/c23-19-6-2-3-7-20(19)25-12-10-24(11-13-25)15-17(26)16-28-22-9-14-27-21-8-4-1-5-18(21)22/h1-9,17,26H,10-16H2. The summed E-state index contributed by atoms with van der Waals surface area (Å²) in [6.07, 6.45) is 1.38. The number of hydrogen-bond acceptors (Lipinski definition) is 5. The Bertz CT molecular complexity index is 834. The third kappa shape index (κ3) is 4.43. The number of aliphatic hydroxyl groups excluding tert-OH is 1. The fourth-order valence-electron chi connectivity index (χ4n) is 3.67. The quantitative estimate of drug-likeness (QED) is 0.806. The Morgan fingerprint density at radius 2 is 1.79 bits per heavy atom. The van der Waals surface area contributed by atoms with E-state index in [1.807, 2.05) is 48.5 Å². The summed E-state index contributed by atoms with van der Waals surface area (Å²) in [6, 6.07) is 15.7. The molecule has 0 radical (unpaired) electrons. The molecule has 1 atom stereocenters. The van der Waals surface area contributed by atoms with E-state index in [2.05, 4.69) is 15.9 Å². The summed E-state index contributed by atoms with van der Waals surface area (Å²) >= 11 is 6.30. The molecule has 0 bridgehead atoms. The molecule has 4 rings (SSSR count). The number of anilines is 1. The number of aliphatic hydroxyl groups is 1. The molecule has 2 aromatic rings. The summed E-state index contributed by atoms with van der Waals surface area (Å²) in [5, 5.41) is 11.2. The topological polar surface area (TPSA) is 45.2 Å². The van der Waals surface area contributed by atoms with Gasteiger partial charge in [-0.05, 0) is 30.3 Å². The zero-order valence-corrected chi connectivity index (χ0v) is 16.5. The number of hydrogen-bond donors (Lipinski definition) is 1. The van der Waals surface area contributed by atoms with Crippen molar-refractivity contribution in [2.24, 2.45) is 0 Å². The van der Waals surface area contributed by atoms with Gasteiger partial charge in [0.15, 0.2) is 0 Å². The van der Waals surface area contributed by atoms with Crippen LogP contribution in [-0.2, 0) is 4.74 Å². The van der Waals surface area contributed by atoms with Gasteiger partial charge in [0.25, 0.3) is 0 Å². The van der Waals surface area contributed by atoms with Gasteiger partial charge in [-0.3, -0.25) is 4.90 Å². The molecule has 0 amide bonds. The van der Waals surface area contributed by atoms with Crippen LogP contribution < -0.4 is 9.64 Å². The number of benzene rings is 2. The highest BCUT2D eigenvalue weighted by atomic mass is 35.5. The highest BCUT2D eigenvalue weighted by Gasteiger charge is 2.22. The minimum Gasteiger partial charge on any atom is -0.490 e. The molecular formula is C22H25ClN2O3. The van der Waals surface area contributed by atoms with Crippen LogP contribution in [0.2, 0.25) is 5.02 Å². The molecule has 1 saturated heterocycles. The van der Waals surface area contributed by atoms with Gasteiger partial charge in [0.1, 0.15) is 30.8 Å². The number of fused-ring (bicyclic) bond motifs is 1. The molecule has 0 aliphatic carbocycles. The van der Waals surface area contributed by atoms with E-state index in [1.54, 1.807) is 0 Å². The van der Waals surface area contributed by atoms with Crippen LogP contribution in [0.25, 0.3) is 5.76 Å². The lowest BCUT2D eigenvalue weighted by atomic mass is 10.1. The molecule has 2 aromatic carbocycles. The van der Waals surface area contributed by atoms with Crippen molar-refractivity contribution in [3.63, 3.8) is 0 Å².